The highest BCUT2D eigenvalue weighted by molar-refractivity contribution is 5.94. The highest BCUT2D eigenvalue weighted by Gasteiger charge is 2.27. The molecule has 1 aromatic rings. The van der Waals surface area contributed by atoms with Crippen LogP contribution in [-0.2, 0) is 0 Å². The molecule has 0 aromatic carbocycles. The van der Waals surface area contributed by atoms with Gasteiger partial charge in [-0.3, -0.25) is 0 Å². The number of aromatic carboxylic acids is 1. The maximum absolute atomic E-state index is 11.2. The Hall–Kier alpha value is -1.78. The molecule has 0 aliphatic carbocycles. The molecule has 0 saturated carbocycles. The van der Waals surface area contributed by atoms with Gasteiger partial charge in [0, 0.05) is 13.1 Å². The van der Waals surface area contributed by atoms with E-state index < -0.39 is 5.97 Å². The van der Waals surface area contributed by atoms with Crippen LogP contribution in [0.25, 0.3) is 0 Å². The molecule has 0 bridgehead atoms. The molecular formula is C16H25N3O2. The van der Waals surface area contributed by atoms with Crippen LogP contribution in [0.3, 0.4) is 0 Å². The lowest BCUT2D eigenvalue weighted by Crippen LogP contribution is -2.27. The van der Waals surface area contributed by atoms with Gasteiger partial charge in [0.05, 0.1) is 17.4 Å². The number of carboxylic acid groups (broad SMARTS) is 1. The molecule has 5 heteroatoms. The van der Waals surface area contributed by atoms with Crippen molar-refractivity contribution in [1.29, 1.82) is 0 Å². The Morgan fingerprint density at radius 1 is 1.38 bits per heavy atom. The molecule has 1 atom stereocenters. The van der Waals surface area contributed by atoms with Crippen LogP contribution in [0.15, 0.2) is 12.3 Å². The molecule has 2 rings (SSSR count). The molecule has 1 aromatic heterocycles. The Morgan fingerprint density at radius 3 is 2.71 bits per heavy atom. The summed E-state index contributed by atoms with van der Waals surface area (Å²) in [6, 6.07) is 1.59. The summed E-state index contributed by atoms with van der Waals surface area (Å²) in [4.78, 5) is 17.7. The number of hydrogen-bond acceptors (Lipinski definition) is 4. The average Bonchev–Trinajstić information content (AvgIpc) is 2.64. The van der Waals surface area contributed by atoms with Gasteiger partial charge in [0.25, 0.3) is 0 Å². The molecular weight excluding hydrogens is 266 g/mol. The van der Waals surface area contributed by atoms with Gasteiger partial charge < -0.3 is 15.7 Å². The minimum absolute atomic E-state index is 0.136. The number of nitrogens with zero attached hydrogens (tertiary/aromatic N) is 2. The normalized spacial score (nSPS) is 20.1. The SMILES string of the molecule is CC(C)(C)C1CCCN(c2cc(C(=O)O)c(N)cn2)CC1. The molecule has 1 saturated heterocycles. The first-order valence-electron chi connectivity index (χ1n) is 7.53. The number of hydrogen-bond donors (Lipinski definition) is 2. The smallest absolute Gasteiger partial charge is 0.337 e. The zero-order valence-electron chi connectivity index (χ0n) is 13.1. The predicted molar refractivity (Wildman–Crippen MR) is 84.6 cm³/mol. The molecule has 0 radical (unpaired) electrons. The Labute approximate surface area is 126 Å². The maximum atomic E-state index is 11.2. The summed E-state index contributed by atoms with van der Waals surface area (Å²) in [5.74, 6) is 0.407. The summed E-state index contributed by atoms with van der Waals surface area (Å²) >= 11 is 0. The molecule has 1 unspecified atom stereocenters. The standard InChI is InChI=1S/C16H25N3O2/c1-16(2,3)11-5-4-7-19(8-6-11)14-9-12(15(20)21)13(17)10-18-14/h9-11H,4-8,17H2,1-3H3,(H,20,21). The number of carbonyl (C=O) groups is 1. The Bertz CT molecular complexity index is 523. The number of carboxylic acids is 1. The molecule has 1 fully saturated rings. The second-order valence-corrected chi connectivity index (χ2v) is 6.92. The van der Waals surface area contributed by atoms with Gasteiger partial charge in [-0.2, -0.15) is 0 Å². The highest BCUT2D eigenvalue weighted by Crippen LogP contribution is 2.35. The van der Waals surface area contributed by atoms with Crippen LogP contribution in [0, 0.1) is 11.3 Å². The van der Waals surface area contributed by atoms with Gasteiger partial charge in [0.1, 0.15) is 5.82 Å². The van der Waals surface area contributed by atoms with Gasteiger partial charge in [-0.25, -0.2) is 9.78 Å². The Morgan fingerprint density at radius 2 is 2.10 bits per heavy atom. The van der Waals surface area contributed by atoms with Crippen LogP contribution in [0.1, 0.15) is 50.4 Å². The molecule has 116 valence electrons. The Kier molecular flexibility index (Phi) is 4.40. The van der Waals surface area contributed by atoms with Crippen LogP contribution < -0.4 is 10.6 Å². The molecule has 1 aliphatic rings. The van der Waals surface area contributed by atoms with Gasteiger partial charge in [0.2, 0.25) is 0 Å². The van der Waals surface area contributed by atoms with Gasteiger partial charge in [0.15, 0.2) is 0 Å². The van der Waals surface area contributed by atoms with E-state index in [-0.39, 0.29) is 11.3 Å². The largest absolute Gasteiger partial charge is 0.478 e. The van der Waals surface area contributed by atoms with E-state index in [2.05, 4.69) is 30.7 Å². The van der Waals surface area contributed by atoms with Crippen molar-refractivity contribution in [3.63, 3.8) is 0 Å². The van der Waals surface area contributed by atoms with E-state index in [1.165, 1.54) is 12.6 Å². The first-order valence-corrected chi connectivity index (χ1v) is 7.53. The third kappa shape index (κ3) is 3.65. The molecule has 3 N–H and O–H groups in total. The van der Waals surface area contributed by atoms with Crippen molar-refractivity contribution in [2.45, 2.75) is 40.0 Å². The fraction of sp³-hybridized carbons (Fsp3) is 0.625. The summed E-state index contributed by atoms with van der Waals surface area (Å²) in [7, 11) is 0. The highest BCUT2D eigenvalue weighted by atomic mass is 16.4. The van der Waals surface area contributed by atoms with Crippen LogP contribution in [0.2, 0.25) is 0 Å². The lowest BCUT2D eigenvalue weighted by Gasteiger charge is -2.30. The lowest BCUT2D eigenvalue weighted by molar-refractivity contribution is 0.0698. The number of pyridine rings is 1. The molecule has 1 aliphatic heterocycles. The third-order valence-electron chi connectivity index (χ3n) is 4.43. The minimum Gasteiger partial charge on any atom is -0.478 e. The number of nitrogen functional groups attached to an aromatic ring is 1. The van der Waals surface area contributed by atoms with E-state index in [1.807, 2.05) is 0 Å². The summed E-state index contributed by atoms with van der Waals surface area (Å²) in [5, 5.41) is 9.17. The average molecular weight is 291 g/mol. The summed E-state index contributed by atoms with van der Waals surface area (Å²) in [6.45, 7) is 8.70. The minimum atomic E-state index is -1.00. The van der Waals surface area contributed by atoms with E-state index in [0.717, 1.165) is 31.7 Å². The van der Waals surface area contributed by atoms with E-state index >= 15 is 0 Å². The van der Waals surface area contributed by atoms with Crippen molar-refractivity contribution < 1.29 is 9.90 Å². The number of rotatable bonds is 2. The zero-order chi connectivity index (χ0) is 15.6. The fourth-order valence-electron chi connectivity index (χ4n) is 3.00. The van der Waals surface area contributed by atoms with Crippen LogP contribution in [0.5, 0.6) is 0 Å². The predicted octanol–water partition coefficient (Wildman–Crippen LogP) is 3.01. The first kappa shape index (κ1) is 15.6. The summed E-state index contributed by atoms with van der Waals surface area (Å²) in [6.07, 6.45) is 4.88. The molecule has 0 amide bonds. The molecule has 5 nitrogen and oxygen atoms in total. The van der Waals surface area contributed by atoms with Crippen molar-refractivity contribution in [3.05, 3.63) is 17.8 Å². The van der Waals surface area contributed by atoms with Gasteiger partial charge in [-0.15, -0.1) is 0 Å². The topological polar surface area (TPSA) is 79.5 Å². The second kappa shape index (κ2) is 5.92. The van der Waals surface area contributed by atoms with Gasteiger partial charge in [-0.05, 0) is 36.7 Å². The van der Waals surface area contributed by atoms with Gasteiger partial charge in [-0.1, -0.05) is 20.8 Å². The van der Waals surface area contributed by atoms with Crippen molar-refractivity contribution in [1.82, 2.24) is 4.98 Å². The van der Waals surface area contributed by atoms with Gasteiger partial charge >= 0.3 is 5.97 Å². The van der Waals surface area contributed by atoms with Crippen LogP contribution in [-0.4, -0.2) is 29.1 Å². The van der Waals surface area contributed by atoms with Crippen molar-refractivity contribution >= 4 is 17.5 Å². The number of aromatic nitrogens is 1. The monoisotopic (exact) mass is 291 g/mol. The fourth-order valence-corrected chi connectivity index (χ4v) is 3.00. The van der Waals surface area contributed by atoms with E-state index in [9.17, 15) is 4.79 Å². The van der Waals surface area contributed by atoms with Crippen molar-refractivity contribution in [2.75, 3.05) is 23.7 Å². The number of nitrogens with two attached hydrogens (primary N) is 1. The second-order valence-electron chi connectivity index (χ2n) is 6.92. The first-order chi connectivity index (χ1) is 9.79. The Balaban J connectivity index is 2.16. The van der Waals surface area contributed by atoms with E-state index in [4.69, 9.17) is 10.8 Å². The molecule has 2 heterocycles. The molecule has 21 heavy (non-hydrogen) atoms. The quantitative estimate of drug-likeness (QED) is 0.875. The summed E-state index contributed by atoms with van der Waals surface area (Å²) in [5.41, 5.74) is 6.34. The maximum Gasteiger partial charge on any atom is 0.337 e. The van der Waals surface area contributed by atoms with E-state index in [0.29, 0.717) is 11.3 Å². The van der Waals surface area contributed by atoms with Crippen molar-refractivity contribution in [2.24, 2.45) is 11.3 Å². The summed E-state index contributed by atoms with van der Waals surface area (Å²) < 4.78 is 0. The van der Waals surface area contributed by atoms with Crippen LogP contribution >= 0.6 is 0 Å². The zero-order valence-corrected chi connectivity index (χ0v) is 13.1. The van der Waals surface area contributed by atoms with Crippen LogP contribution in [0.4, 0.5) is 11.5 Å². The lowest BCUT2D eigenvalue weighted by atomic mass is 9.77. The third-order valence-corrected chi connectivity index (χ3v) is 4.43. The molecule has 0 spiro atoms. The van der Waals surface area contributed by atoms with Crippen molar-refractivity contribution in [3.8, 4) is 0 Å². The van der Waals surface area contributed by atoms with E-state index in [1.54, 1.807) is 6.07 Å². The number of anilines is 2.